The van der Waals surface area contributed by atoms with Gasteiger partial charge in [0, 0.05) is 30.3 Å². The second kappa shape index (κ2) is 11.5. The normalized spacial score (nSPS) is 13.6. The first-order chi connectivity index (χ1) is 15.9. The molecule has 2 N–H and O–H groups in total. The van der Waals surface area contributed by atoms with Crippen LogP contribution < -0.4 is 10.6 Å². The highest BCUT2D eigenvalue weighted by Gasteiger charge is 2.28. The highest BCUT2D eigenvalue weighted by molar-refractivity contribution is 7.89. The minimum atomic E-state index is -3.76. The molecule has 10 heteroatoms. The highest BCUT2D eigenvalue weighted by atomic mass is 32.2. The molecule has 0 radical (unpaired) electrons. The third-order valence-electron chi connectivity index (χ3n) is 5.46. The van der Waals surface area contributed by atoms with Crippen molar-refractivity contribution < 1.29 is 26.8 Å². The molecule has 2 amide bonds. The average Bonchev–Trinajstić information content (AvgIpc) is 2.77. The van der Waals surface area contributed by atoms with Crippen LogP contribution in [-0.4, -0.2) is 43.7 Å². The lowest BCUT2D eigenvalue weighted by Gasteiger charge is -2.24. The maximum Gasteiger partial charge on any atom is 0.251 e. The van der Waals surface area contributed by atoms with Crippen molar-refractivity contribution in [1.29, 1.82) is 0 Å². The lowest BCUT2D eigenvalue weighted by Crippen LogP contribution is -2.50. The Hall–Kier alpha value is -2.85. The van der Waals surface area contributed by atoms with E-state index in [0.29, 0.717) is 0 Å². The van der Waals surface area contributed by atoms with Crippen LogP contribution in [0.5, 0.6) is 0 Å². The zero-order chi connectivity index (χ0) is 25.6. The zero-order valence-electron chi connectivity index (χ0n) is 19.9. The van der Waals surface area contributed by atoms with E-state index < -0.39 is 45.6 Å². The molecule has 1 unspecified atom stereocenters. The Bertz CT molecular complexity index is 1130. The molecular formula is C24H31F2N3O4S. The zero-order valence-corrected chi connectivity index (χ0v) is 20.7. The van der Waals surface area contributed by atoms with Crippen molar-refractivity contribution >= 4 is 21.8 Å². The van der Waals surface area contributed by atoms with Gasteiger partial charge in [-0.3, -0.25) is 9.59 Å². The summed E-state index contributed by atoms with van der Waals surface area (Å²) in [6.45, 7) is 9.04. The first-order valence-electron chi connectivity index (χ1n) is 11.1. The number of sulfonamides is 1. The van der Waals surface area contributed by atoms with E-state index in [4.69, 9.17) is 0 Å². The predicted octanol–water partition coefficient (Wildman–Crippen LogP) is 3.63. The van der Waals surface area contributed by atoms with E-state index in [1.165, 1.54) is 34.6 Å². The van der Waals surface area contributed by atoms with E-state index >= 15 is 0 Å². The number of carbonyl (C=O) groups is 2. The number of rotatable bonds is 10. The Morgan fingerprint density at radius 1 is 0.971 bits per heavy atom. The van der Waals surface area contributed by atoms with Gasteiger partial charge in [0.15, 0.2) is 0 Å². The quantitative estimate of drug-likeness (QED) is 0.526. The maximum atomic E-state index is 14.1. The molecule has 0 aliphatic rings. The topological polar surface area (TPSA) is 95.6 Å². The summed E-state index contributed by atoms with van der Waals surface area (Å²) < 4.78 is 54.1. The van der Waals surface area contributed by atoms with Gasteiger partial charge in [-0.15, -0.1) is 0 Å². The molecule has 2 aromatic rings. The first-order valence-corrected chi connectivity index (χ1v) is 12.5. The summed E-state index contributed by atoms with van der Waals surface area (Å²) >= 11 is 0. The van der Waals surface area contributed by atoms with Gasteiger partial charge in [-0.05, 0) is 37.1 Å². The molecule has 2 aromatic carbocycles. The molecule has 0 saturated heterocycles. The monoisotopic (exact) mass is 495 g/mol. The number of hydrogen-bond donors (Lipinski definition) is 2. The maximum absolute atomic E-state index is 14.1. The fourth-order valence-corrected chi connectivity index (χ4v) is 5.01. The fraction of sp³-hybridized carbons (Fsp3) is 0.417. The standard InChI is InChI=1S/C24H31F2N3O4S/c1-6-29(7-2)34(32,33)19-10-8-9-17(13-19)23(30)28-22(15(3)4)24(31)27-16(5)20-12-11-18(25)14-21(20)26/h8-16,22H,6-7H2,1-5H3,(H,27,31)(H,28,30)/t16?,22-/m0/s1. The number of halogens is 2. The van der Waals surface area contributed by atoms with Crippen LogP contribution in [0.2, 0.25) is 0 Å². The van der Waals surface area contributed by atoms with Crippen molar-refractivity contribution in [2.45, 2.75) is 51.6 Å². The number of hydrogen-bond acceptors (Lipinski definition) is 4. The van der Waals surface area contributed by atoms with Crippen molar-refractivity contribution in [2.24, 2.45) is 5.92 Å². The average molecular weight is 496 g/mol. The molecule has 2 rings (SSSR count). The first kappa shape index (κ1) is 27.4. The molecule has 0 bridgehead atoms. The number of nitrogens with zero attached hydrogens (tertiary/aromatic N) is 1. The largest absolute Gasteiger partial charge is 0.348 e. The van der Waals surface area contributed by atoms with Crippen molar-refractivity contribution in [1.82, 2.24) is 14.9 Å². The summed E-state index contributed by atoms with van der Waals surface area (Å²) in [5.41, 5.74) is 0.196. The SMILES string of the molecule is CCN(CC)S(=O)(=O)c1cccc(C(=O)N[C@H](C(=O)NC(C)c2ccc(F)cc2F)C(C)C)c1. The predicted molar refractivity (Wildman–Crippen MR) is 126 cm³/mol. The fourth-order valence-electron chi connectivity index (χ4n) is 3.50. The molecule has 0 saturated carbocycles. The summed E-state index contributed by atoms with van der Waals surface area (Å²) in [4.78, 5) is 25.8. The van der Waals surface area contributed by atoms with Crippen LogP contribution in [0.15, 0.2) is 47.4 Å². The van der Waals surface area contributed by atoms with Crippen molar-refractivity contribution in [3.63, 3.8) is 0 Å². The molecule has 0 fully saturated rings. The van der Waals surface area contributed by atoms with Gasteiger partial charge >= 0.3 is 0 Å². The van der Waals surface area contributed by atoms with Gasteiger partial charge in [0.25, 0.3) is 5.91 Å². The van der Waals surface area contributed by atoms with Crippen LogP contribution in [-0.2, 0) is 14.8 Å². The highest BCUT2D eigenvalue weighted by Crippen LogP contribution is 2.19. The molecular weight excluding hydrogens is 464 g/mol. The lowest BCUT2D eigenvalue weighted by atomic mass is 10.0. The van der Waals surface area contributed by atoms with Gasteiger partial charge in [0.1, 0.15) is 17.7 Å². The van der Waals surface area contributed by atoms with Crippen LogP contribution >= 0.6 is 0 Å². The second-order valence-electron chi connectivity index (χ2n) is 8.21. The summed E-state index contributed by atoms with van der Waals surface area (Å²) in [6.07, 6.45) is 0. The summed E-state index contributed by atoms with van der Waals surface area (Å²) in [7, 11) is -3.76. The van der Waals surface area contributed by atoms with Crippen LogP contribution in [0.1, 0.15) is 56.6 Å². The third kappa shape index (κ3) is 6.38. The molecule has 0 aliphatic carbocycles. The van der Waals surface area contributed by atoms with Crippen molar-refractivity contribution in [3.8, 4) is 0 Å². The van der Waals surface area contributed by atoms with Crippen LogP contribution in [0.3, 0.4) is 0 Å². The summed E-state index contributed by atoms with van der Waals surface area (Å²) in [5, 5.41) is 5.28. The van der Waals surface area contributed by atoms with Gasteiger partial charge in [-0.2, -0.15) is 4.31 Å². The number of nitrogens with one attached hydrogen (secondary N) is 2. The summed E-state index contributed by atoms with van der Waals surface area (Å²) in [6, 6.07) is 6.96. The van der Waals surface area contributed by atoms with Gasteiger partial charge in [-0.25, -0.2) is 17.2 Å². The van der Waals surface area contributed by atoms with Gasteiger partial charge in [-0.1, -0.05) is 39.8 Å². The lowest BCUT2D eigenvalue weighted by molar-refractivity contribution is -0.124. The summed E-state index contributed by atoms with van der Waals surface area (Å²) in [5.74, 6) is -3.00. The molecule has 34 heavy (non-hydrogen) atoms. The van der Waals surface area contributed by atoms with E-state index in [1.807, 2.05) is 0 Å². The molecule has 0 heterocycles. The molecule has 2 atom stereocenters. The van der Waals surface area contributed by atoms with E-state index in [0.717, 1.165) is 12.1 Å². The van der Waals surface area contributed by atoms with Crippen LogP contribution in [0, 0.1) is 17.6 Å². The van der Waals surface area contributed by atoms with Crippen LogP contribution in [0.4, 0.5) is 8.78 Å². The van der Waals surface area contributed by atoms with Crippen LogP contribution in [0.25, 0.3) is 0 Å². The van der Waals surface area contributed by atoms with E-state index in [2.05, 4.69) is 10.6 Å². The Morgan fingerprint density at radius 3 is 2.18 bits per heavy atom. The molecule has 0 spiro atoms. The van der Waals surface area contributed by atoms with Gasteiger partial charge < -0.3 is 10.6 Å². The molecule has 0 aromatic heterocycles. The third-order valence-corrected chi connectivity index (χ3v) is 7.51. The van der Waals surface area contributed by atoms with Gasteiger partial charge in [0.2, 0.25) is 15.9 Å². The Labute approximate surface area is 199 Å². The van der Waals surface area contributed by atoms with E-state index in [-0.39, 0.29) is 35.0 Å². The van der Waals surface area contributed by atoms with Gasteiger partial charge in [0.05, 0.1) is 10.9 Å². The smallest absolute Gasteiger partial charge is 0.251 e. The molecule has 186 valence electrons. The van der Waals surface area contributed by atoms with Crippen molar-refractivity contribution in [3.05, 3.63) is 65.2 Å². The number of carbonyl (C=O) groups excluding carboxylic acids is 2. The molecule has 0 aliphatic heterocycles. The second-order valence-corrected chi connectivity index (χ2v) is 10.1. The Balaban J connectivity index is 2.21. The minimum absolute atomic E-state index is 0.0187. The van der Waals surface area contributed by atoms with E-state index in [9.17, 15) is 26.8 Å². The number of amides is 2. The van der Waals surface area contributed by atoms with Crippen molar-refractivity contribution in [2.75, 3.05) is 13.1 Å². The molecule has 7 nitrogen and oxygen atoms in total. The Morgan fingerprint density at radius 2 is 1.62 bits per heavy atom. The minimum Gasteiger partial charge on any atom is -0.348 e. The number of benzene rings is 2. The Kier molecular flexibility index (Phi) is 9.29. The van der Waals surface area contributed by atoms with E-state index in [1.54, 1.807) is 34.6 Å².